The summed E-state index contributed by atoms with van der Waals surface area (Å²) in [6.07, 6.45) is 0. The molecule has 88 valence electrons. The summed E-state index contributed by atoms with van der Waals surface area (Å²) in [6.45, 7) is 5.78. The molecule has 1 aromatic carbocycles. The molecule has 0 bridgehead atoms. The van der Waals surface area contributed by atoms with Gasteiger partial charge in [0, 0.05) is 0 Å². The standard InChI is InChI=1S/C10H12BrFO3Si/c1-16(2,3)15-9-7(10(13)14)4-6(12)5-8(9)11/h4-5H,1-3H3,(H,13,14). The Kier molecular flexibility index (Phi) is 3.74. The van der Waals surface area contributed by atoms with E-state index in [1.54, 1.807) is 0 Å². The Morgan fingerprint density at radius 1 is 1.44 bits per heavy atom. The van der Waals surface area contributed by atoms with Gasteiger partial charge in [-0.15, -0.1) is 0 Å². The van der Waals surface area contributed by atoms with Gasteiger partial charge < -0.3 is 9.53 Å². The molecule has 0 aromatic heterocycles. The lowest BCUT2D eigenvalue weighted by molar-refractivity contribution is 0.0694. The van der Waals surface area contributed by atoms with Gasteiger partial charge in [-0.05, 0) is 47.7 Å². The third-order valence-electron chi connectivity index (χ3n) is 1.65. The molecule has 1 N–H and O–H groups in total. The van der Waals surface area contributed by atoms with E-state index in [1.165, 1.54) is 6.07 Å². The largest absolute Gasteiger partial charge is 0.543 e. The van der Waals surface area contributed by atoms with Gasteiger partial charge in [-0.25, -0.2) is 9.18 Å². The molecule has 0 aliphatic rings. The molecule has 0 fully saturated rings. The van der Waals surface area contributed by atoms with Gasteiger partial charge in [0.05, 0.1) is 4.47 Å². The van der Waals surface area contributed by atoms with Crippen molar-refractivity contribution in [1.29, 1.82) is 0 Å². The van der Waals surface area contributed by atoms with Crippen molar-refractivity contribution < 1.29 is 18.7 Å². The molecule has 0 heterocycles. The number of rotatable bonds is 3. The van der Waals surface area contributed by atoms with Crippen LogP contribution in [0.1, 0.15) is 10.4 Å². The van der Waals surface area contributed by atoms with Gasteiger partial charge >= 0.3 is 5.97 Å². The summed E-state index contributed by atoms with van der Waals surface area (Å²) in [6, 6.07) is 2.16. The predicted molar refractivity (Wildman–Crippen MR) is 65.0 cm³/mol. The van der Waals surface area contributed by atoms with E-state index in [0.717, 1.165) is 6.07 Å². The summed E-state index contributed by atoms with van der Waals surface area (Å²) >= 11 is 3.11. The summed E-state index contributed by atoms with van der Waals surface area (Å²) < 4.78 is 19.0. The normalized spacial score (nSPS) is 11.3. The molecule has 0 saturated heterocycles. The van der Waals surface area contributed by atoms with Crippen LogP contribution in [-0.2, 0) is 0 Å². The maximum Gasteiger partial charge on any atom is 0.339 e. The lowest BCUT2D eigenvalue weighted by Crippen LogP contribution is -2.30. The molecular weight excluding hydrogens is 295 g/mol. The van der Waals surface area contributed by atoms with E-state index in [2.05, 4.69) is 15.9 Å². The Morgan fingerprint density at radius 2 is 2.00 bits per heavy atom. The molecule has 16 heavy (non-hydrogen) atoms. The SMILES string of the molecule is C[Si](C)(C)Oc1c(Br)cc(F)cc1C(=O)O. The fourth-order valence-electron chi connectivity index (χ4n) is 1.13. The molecule has 0 aliphatic carbocycles. The van der Waals surface area contributed by atoms with Crippen LogP contribution < -0.4 is 4.43 Å². The Bertz CT molecular complexity index is 429. The highest BCUT2D eigenvalue weighted by Crippen LogP contribution is 2.32. The molecular formula is C10H12BrFO3Si. The van der Waals surface area contributed by atoms with E-state index in [1.807, 2.05) is 19.6 Å². The zero-order chi connectivity index (χ0) is 12.5. The van der Waals surface area contributed by atoms with Crippen molar-refractivity contribution in [3.8, 4) is 5.75 Å². The highest BCUT2D eigenvalue weighted by atomic mass is 79.9. The monoisotopic (exact) mass is 306 g/mol. The first-order chi connectivity index (χ1) is 7.20. The zero-order valence-corrected chi connectivity index (χ0v) is 11.8. The summed E-state index contributed by atoms with van der Waals surface area (Å²) in [7, 11) is -1.94. The Labute approximate surface area is 102 Å². The van der Waals surface area contributed by atoms with Crippen LogP contribution in [0.4, 0.5) is 4.39 Å². The van der Waals surface area contributed by atoms with E-state index in [0.29, 0.717) is 4.47 Å². The van der Waals surface area contributed by atoms with Crippen LogP contribution in [0, 0.1) is 5.82 Å². The second-order valence-electron chi connectivity index (χ2n) is 4.28. The van der Waals surface area contributed by atoms with Crippen LogP contribution in [0.15, 0.2) is 16.6 Å². The van der Waals surface area contributed by atoms with Crippen LogP contribution in [0.3, 0.4) is 0 Å². The highest BCUT2D eigenvalue weighted by molar-refractivity contribution is 9.10. The molecule has 0 aliphatic heterocycles. The first-order valence-electron chi connectivity index (χ1n) is 4.62. The van der Waals surface area contributed by atoms with Crippen molar-refractivity contribution in [3.05, 3.63) is 28.0 Å². The van der Waals surface area contributed by atoms with Gasteiger partial charge in [0.2, 0.25) is 8.32 Å². The fraction of sp³-hybridized carbons (Fsp3) is 0.300. The topological polar surface area (TPSA) is 46.5 Å². The van der Waals surface area contributed by atoms with Gasteiger partial charge in [-0.2, -0.15) is 0 Å². The first-order valence-corrected chi connectivity index (χ1v) is 8.82. The number of hydrogen-bond acceptors (Lipinski definition) is 2. The Balaban J connectivity index is 3.30. The van der Waals surface area contributed by atoms with Crippen LogP contribution in [0.2, 0.25) is 19.6 Å². The van der Waals surface area contributed by atoms with Gasteiger partial charge in [-0.3, -0.25) is 0 Å². The number of halogens is 2. The van der Waals surface area contributed by atoms with Crippen LogP contribution in [-0.4, -0.2) is 19.4 Å². The number of carbonyl (C=O) groups is 1. The third kappa shape index (κ3) is 3.31. The van der Waals surface area contributed by atoms with Crippen LogP contribution >= 0.6 is 15.9 Å². The lowest BCUT2D eigenvalue weighted by Gasteiger charge is -2.21. The zero-order valence-electron chi connectivity index (χ0n) is 9.17. The quantitative estimate of drug-likeness (QED) is 0.869. The van der Waals surface area contributed by atoms with Crippen molar-refractivity contribution in [3.63, 3.8) is 0 Å². The molecule has 6 heteroatoms. The first kappa shape index (κ1) is 13.2. The number of carboxylic acid groups (broad SMARTS) is 1. The van der Waals surface area contributed by atoms with E-state index < -0.39 is 20.1 Å². The highest BCUT2D eigenvalue weighted by Gasteiger charge is 2.23. The summed E-state index contributed by atoms with van der Waals surface area (Å²) in [4.78, 5) is 11.0. The number of carboxylic acids is 1. The molecule has 3 nitrogen and oxygen atoms in total. The number of aromatic carboxylic acids is 1. The van der Waals surface area contributed by atoms with Crippen molar-refractivity contribution in [2.45, 2.75) is 19.6 Å². The van der Waals surface area contributed by atoms with E-state index in [9.17, 15) is 9.18 Å². The minimum Gasteiger partial charge on any atom is -0.543 e. The second kappa shape index (κ2) is 4.55. The number of hydrogen-bond donors (Lipinski definition) is 1. The minimum atomic E-state index is -1.94. The van der Waals surface area contributed by atoms with Crippen molar-refractivity contribution >= 4 is 30.2 Å². The lowest BCUT2D eigenvalue weighted by atomic mass is 10.2. The molecule has 0 amide bonds. The smallest absolute Gasteiger partial charge is 0.339 e. The molecule has 0 radical (unpaired) electrons. The summed E-state index contributed by atoms with van der Waals surface area (Å²) in [5, 5.41) is 8.96. The molecule has 0 saturated carbocycles. The number of benzene rings is 1. The third-order valence-corrected chi connectivity index (χ3v) is 3.05. The molecule has 0 spiro atoms. The van der Waals surface area contributed by atoms with Gasteiger partial charge in [0.15, 0.2) is 0 Å². The minimum absolute atomic E-state index is 0.158. The maximum atomic E-state index is 13.1. The molecule has 1 rings (SSSR count). The van der Waals surface area contributed by atoms with Crippen molar-refractivity contribution in [2.24, 2.45) is 0 Å². The van der Waals surface area contributed by atoms with E-state index >= 15 is 0 Å². The second-order valence-corrected chi connectivity index (χ2v) is 9.57. The maximum absolute atomic E-state index is 13.1. The van der Waals surface area contributed by atoms with Gasteiger partial charge in [0.25, 0.3) is 0 Å². The molecule has 1 aromatic rings. The molecule has 0 atom stereocenters. The molecule has 0 unspecified atom stereocenters. The van der Waals surface area contributed by atoms with Crippen LogP contribution in [0.25, 0.3) is 0 Å². The van der Waals surface area contributed by atoms with E-state index in [4.69, 9.17) is 9.53 Å². The van der Waals surface area contributed by atoms with Crippen LogP contribution in [0.5, 0.6) is 5.75 Å². The average Bonchev–Trinajstić information content (AvgIpc) is 2.07. The average molecular weight is 307 g/mol. The van der Waals surface area contributed by atoms with Crippen molar-refractivity contribution in [2.75, 3.05) is 0 Å². The van der Waals surface area contributed by atoms with Gasteiger partial charge in [-0.1, -0.05) is 0 Å². The summed E-state index contributed by atoms with van der Waals surface area (Å²) in [5.74, 6) is -1.60. The van der Waals surface area contributed by atoms with Crippen molar-refractivity contribution in [1.82, 2.24) is 0 Å². The predicted octanol–water partition coefficient (Wildman–Crippen LogP) is 3.50. The fourth-order valence-corrected chi connectivity index (χ4v) is 2.62. The summed E-state index contributed by atoms with van der Waals surface area (Å²) in [5.41, 5.74) is -0.158. The van der Waals surface area contributed by atoms with Gasteiger partial charge in [0.1, 0.15) is 17.1 Å². The van der Waals surface area contributed by atoms with E-state index in [-0.39, 0.29) is 11.3 Å². The Hall–Kier alpha value is -0.883. The Morgan fingerprint density at radius 3 is 2.44 bits per heavy atom.